The van der Waals surface area contributed by atoms with Crippen molar-refractivity contribution < 1.29 is 4.79 Å². The Morgan fingerprint density at radius 3 is 2.62 bits per heavy atom. The van der Waals surface area contributed by atoms with Crippen molar-refractivity contribution in [3.05, 3.63) is 48.4 Å². The van der Waals surface area contributed by atoms with Gasteiger partial charge in [0.2, 0.25) is 5.91 Å². The van der Waals surface area contributed by atoms with Crippen molar-refractivity contribution in [2.75, 3.05) is 5.32 Å². The predicted molar refractivity (Wildman–Crippen MR) is 89.4 cm³/mol. The van der Waals surface area contributed by atoms with Gasteiger partial charge in [-0.05, 0) is 37.3 Å². The van der Waals surface area contributed by atoms with E-state index in [1.807, 2.05) is 50.6 Å². The molecule has 0 saturated heterocycles. The van der Waals surface area contributed by atoms with Gasteiger partial charge in [-0.2, -0.15) is 15.5 Å². The Balaban J connectivity index is 1.79. The molecule has 0 saturated carbocycles. The SMILES string of the molecule is Cc1nn(C)cc1-c1ccn(-c2ccc(NC(=O)CC#N)cc2)n1. The highest BCUT2D eigenvalue weighted by molar-refractivity contribution is 5.92. The van der Waals surface area contributed by atoms with E-state index in [4.69, 9.17) is 5.26 Å². The van der Waals surface area contributed by atoms with Crippen LogP contribution in [0.5, 0.6) is 0 Å². The van der Waals surface area contributed by atoms with Crippen molar-refractivity contribution >= 4 is 11.6 Å². The van der Waals surface area contributed by atoms with Crippen LogP contribution in [0.15, 0.2) is 42.7 Å². The molecule has 1 N–H and O–H groups in total. The quantitative estimate of drug-likeness (QED) is 0.799. The molecule has 2 aromatic heterocycles. The van der Waals surface area contributed by atoms with Crippen LogP contribution in [0.2, 0.25) is 0 Å². The molecule has 24 heavy (non-hydrogen) atoms. The lowest BCUT2D eigenvalue weighted by atomic mass is 10.2. The summed E-state index contributed by atoms with van der Waals surface area (Å²) in [6.07, 6.45) is 3.66. The van der Waals surface area contributed by atoms with Crippen LogP contribution in [-0.2, 0) is 11.8 Å². The molecule has 0 aliphatic rings. The molecule has 2 heterocycles. The summed E-state index contributed by atoms with van der Waals surface area (Å²) in [5.41, 5.74) is 4.30. The van der Waals surface area contributed by atoms with Crippen LogP contribution < -0.4 is 5.32 Å². The van der Waals surface area contributed by atoms with Crippen LogP contribution in [0.3, 0.4) is 0 Å². The van der Waals surface area contributed by atoms with E-state index in [1.54, 1.807) is 21.5 Å². The molecule has 1 amide bonds. The maximum absolute atomic E-state index is 11.4. The standard InChI is InChI=1S/C17H16N6O/c1-12-15(11-22(2)20-12)16-8-10-23(21-16)14-5-3-13(4-6-14)19-17(24)7-9-18/h3-6,8,10-11H,7H2,1-2H3,(H,19,24). The number of hydrogen-bond donors (Lipinski definition) is 1. The van der Waals surface area contributed by atoms with Crippen LogP contribution in [-0.4, -0.2) is 25.5 Å². The minimum absolute atomic E-state index is 0.158. The van der Waals surface area contributed by atoms with Gasteiger partial charge in [-0.15, -0.1) is 0 Å². The fraction of sp³-hybridized carbons (Fsp3) is 0.176. The lowest BCUT2D eigenvalue weighted by molar-refractivity contribution is -0.115. The van der Waals surface area contributed by atoms with Crippen LogP contribution >= 0.6 is 0 Å². The molecule has 3 rings (SSSR count). The predicted octanol–water partition coefficient (Wildman–Crippen LogP) is 2.43. The Kier molecular flexibility index (Phi) is 4.12. The number of aryl methyl sites for hydroxylation is 2. The third-order valence-corrected chi connectivity index (χ3v) is 3.53. The molecule has 7 heteroatoms. The van der Waals surface area contributed by atoms with Crippen molar-refractivity contribution in [2.45, 2.75) is 13.3 Å². The Hall–Kier alpha value is -3.40. The Labute approximate surface area is 139 Å². The average Bonchev–Trinajstić information content (AvgIpc) is 3.14. The first kappa shape index (κ1) is 15.5. The van der Waals surface area contributed by atoms with Crippen molar-refractivity contribution in [3.8, 4) is 23.0 Å². The van der Waals surface area contributed by atoms with E-state index in [1.165, 1.54) is 0 Å². The summed E-state index contributed by atoms with van der Waals surface area (Å²) >= 11 is 0. The Bertz CT molecular complexity index is 913. The minimum Gasteiger partial charge on any atom is -0.325 e. The molecule has 0 aliphatic carbocycles. The molecule has 0 bridgehead atoms. The van der Waals surface area contributed by atoms with Gasteiger partial charge in [-0.25, -0.2) is 4.68 Å². The van der Waals surface area contributed by atoms with Crippen LogP contribution in [0.1, 0.15) is 12.1 Å². The van der Waals surface area contributed by atoms with Gasteiger partial charge in [0.1, 0.15) is 6.42 Å². The first-order valence-corrected chi connectivity index (χ1v) is 7.40. The van der Waals surface area contributed by atoms with E-state index in [0.29, 0.717) is 5.69 Å². The summed E-state index contributed by atoms with van der Waals surface area (Å²) in [6.45, 7) is 1.95. The molecule has 0 aliphatic heterocycles. The summed E-state index contributed by atoms with van der Waals surface area (Å²) < 4.78 is 3.53. The number of hydrogen-bond acceptors (Lipinski definition) is 4. The summed E-state index contributed by atoms with van der Waals surface area (Å²) in [6, 6.07) is 11.0. The number of benzene rings is 1. The molecule has 0 unspecified atom stereocenters. The van der Waals surface area contributed by atoms with Gasteiger partial charge in [0, 0.05) is 30.7 Å². The lowest BCUT2D eigenvalue weighted by Gasteiger charge is -2.05. The van der Waals surface area contributed by atoms with Crippen molar-refractivity contribution in [1.82, 2.24) is 19.6 Å². The number of amides is 1. The number of anilines is 1. The number of nitrogens with one attached hydrogen (secondary N) is 1. The summed E-state index contributed by atoms with van der Waals surface area (Å²) in [5.74, 6) is -0.321. The van der Waals surface area contributed by atoms with Gasteiger partial charge in [0.05, 0.1) is 23.1 Å². The third-order valence-electron chi connectivity index (χ3n) is 3.53. The highest BCUT2D eigenvalue weighted by atomic mass is 16.1. The van der Waals surface area contributed by atoms with Crippen molar-refractivity contribution in [2.24, 2.45) is 7.05 Å². The van der Waals surface area contributed by atoms with Gasteiger partial charge < -0.3 is 5.32 Å². The fourth-order valence-corrected chi connectivity index (χ4v) is 2.44. The average molecular weight is 320 g/mol. The number of aromatic nitrogens is 4. The first-order valence-electron chi connectivity index (χ1n) is 7.40. The van der Waals surface area contributed by atoms with Crippen LogP contribution in [0.4, 0.5) is 5.69 Å². The summed E-state index contributed by atoms with van der Waals surface area (Å²) in [7, 11) is 1.88. The van der Waals surface area contributed by atoms with E-state index in [9.17, 15) is 4.79 Å². The molecule has 3 aromatic rings. The first-order chi connectivity index (χ1) is 11.6. The van der Waals surface area contributed by atoms with E-state index in [2.05, 4.69) is 15.5 Å². The molecular weight excluding hydrogens is 304 g/mol. The fourth-order valence-electron chi connectivity index (χ4n) is 2.44. The molecule has 0 spiro atoms. The number of carbonyl (C=O) groups excluding carboxylic acids is 1. The van der Waals surface area contributed by atoms with E-state index in [0.717, 1.165) is 22.6 Å². The van der Waals surface area contributed by atoms with Gasteiger partial charge in [-0.1, -0.05) is 0 Å². The normalized spacial score (nSPS) is 10.4. The Morgan fingerprint density at radius 2 is 2.00 bits per heavy atom. The number of rotatable bonds is 4. The van der Waals surface area contributed by atoms with Gasteiger partial charge >= 0.3 is 0 Å². The summed E-state index contributed by atoms with van der Waals surface area (Å²) in [5, 5.41) is 20.1. The molecule has 0 atom stereocenters. The van der Waals surface area contributed by atoms with E-state index < -0.39 is 0 Å². The Morgan fingerprint density at radius 1 is 1.25 bits per heavy atom. The minimum atomic E-state index is -0.321. The number of carbonyl (C=O) groups is 1. The zero-order chi connectivity index (χ0) is 17.1. The zero-order valence-electron chi connectivity index (χ0n) is 13.4. The maximum atomic E-state index is 11.4. The second-order valence-corrected chi connectivity index (χ2v) is 5.38. The smallest absolute Gasteiger partial charge is 0.238 e. The van der Waals surface area contributed by atoms with Crippen molar-refractivity contribution in [3.63, 3.8) is 0 Å². The van der Waals surface area contributed by atoms with Gasteiger partial charge in [-0.3, -0.25) is 9.48 Å². The third kappa shape index (κ3) is 3.17. The monoisotopic (exact) mass is 320 g/mol. The number of nitriles is 1. The van der Waals surface area contributed by atoms with Crippen molar-refractivity contribution in [1.29, 1.82) is 5.26 Å². The molecule has 0 radical (unpaired) electrons. The topological polar surface area (TPSA) is 88.5 Å². The lowest BCUT2D eigenvalue weighted by Crippen LogP contribution is -2.10. The van der Waals surface area contributed by atoms with E-state index in [-0.39, 0.29) is 12.3 Å². The molecular formula is C17H16N6O. The largest absolute Gasteiger partial charge is 0.325 e. The van der Waals surface area contributed by atoms with Gasteiger partial charge in [0.15, 0.2) is 0 Å². The zero-order valence-corrected chi connectivity index (χ0v) is 13.4. The van der Waals surface area contributed by atoms with Crippen LogP contribution in [0, 0.1) is 18.3 Å². The summed E-state index contributed by atoms with van der Waals surface area (Å²) in [4.78, 5) is 11.4. The van der Waals surface area contributed by atoms with Gasteiger partial charge in [0.25, 0.3) is 0 Å². The number of nitrogens with zero attached hydrogens (tertiary/aromatic N) is 5. The second kappa shape index (κ2) is 6.38. The maximum Gasteiger partial charge on any atom is 0.238 e. The molecule has 120 valence electrons. The molecule has 1 aromatic carbocycles. The highest BCUT2D eigenvalue weighted by Gasteiger charge is 2.10. The highest BCUT2D eigenvalue weighted by Crippen LogP contribution is 2.21. The van der Waals surface area contributed by atoms with E-state index >= 15 is 0 Å². The van der Waals surface area contributed by atoms with Crippen LogP contribution in [0.25, 0.3) is 16.9 Å². The molecule has 0 fully saturated rings. The molecule has 7 nitrogen and oxygen atoms in total. The second-order valence-electron chi connectivity index (χ2n) is 5.38.